The number of ether oxygens (including phenoxy) is 1. The molecular weight excluding hydrogens is 252 g/mol. The number of ketones is 1. The van der Waals surface area contributed by atoms with Crippen LogP contribution < -0.4 is 0 Å². The van der Waals surface area contributed by atoms with Crippen molar-refractivity contribution in [3.8, 4) is 0 Å². The standard InChI is InChI=1S/C17H18O3/c1-11(18)15-10-16(20-12(15)2)14-8-9-19-17(14)13-6-4-3-5-7-13/h3-7,10,14,17H,8-9H2,1-2H3/t14-,17+/m1/s1. The van der Waals surface area contributed by atoms with E-state index in [0.29, 0.717) is 11.3 Å². The highest BCUT2D eigenvalue weighted by Gasteiger charge is 2.33. The molecule has 2 heterocycles. The molecule has 3 nitrogen and oxygen atoms in total. The van der Waals surface area contributed by atoms with Crippen LogP contribution in [0.15, 0.2) is 40.8 Å². The fourth-order valence-electron chi connectivity index (χ4n) is 2.89. The first-order valence-corrected chi connectivity index (χ1v) is 6.94. The Morgan fingerprint density at radius 3 is 2.65 bits per heavy atom. The summed E-state index contributed by atoms with van der Waals surface area (Å²) < 4.78 is 11.7. The van der Waals surface area contributed by atoms with Gasteiger partial charge < -0.3 is 9.15 Å². The summed E-state index contributed by atoms with van der Waals surface area (Å²) in [6.45, 7) is 4.13. The molecule has 0 radical (unpaired) electrons. The minimum Gasteiger partial charge on any atom is -0.465 e. The summed E-state index contributed by atoms with van der Waals surface area (Å²) in [5.41, 5.74) is 1.84. The van der Waals surface area contributed by atoms with E-state index in [0.717, 1.165) is 24.4 Å². The Bertz CT molecular complexity index is 612. The van der Waals surface area contributed by atoms with Crippen LogP contribution in [0, 0.1) is 6.92 Å². The summed E-state index contributed by atoms with van der Waals surface area (Å²) in [7, 11) is 0. The van der Waals surface area contributed by atoms with Crippen LogP contribution in [0.5, 0.6) is 0 Å². The monoisotopic (exact) mass is 270 g/mol. The number of aryl methyl sites for hydroxylation is 1. The van der Waals surface area contributed by atoms with Crippen LogP contribution in [-0.4, -0.2) is 12.4 Å². The van der Waals surface area contributed by atoms with Crippen molar-refractivity contribution in [2.45, 2.75) is 32.3 Å². The molecule has 0 aliphatic carbocycles. The van der Waals surface area contributed by atoms with Crippen LogP contribution in [0.1, 0.15) is 52.8 Å². The van der Waals surface area contributed by atoms with Gasteiger partial charge in [-0.25, -0.2) is 0 Å². The zero-order chi connectivity index (χ0) is 14.1. The maximum Gasteiger partial charge on any atom is 0.163 e. The van der Waals surface area contributed by atoms with E-state index in [-0.39, 0.29) is 17.8 Å². The second kappa shape index (κ2) is 5.25. The van der Waals surface area contributed by atoms with Gasteiger partial charge in [0.15, 0.2) is 5.78 Å². The number of Topliss-reactive ketones (excluding diaryl/α,β-unsaturated/α-hetero) is 1. The van der Waals surface area contributed by atoms with E-state index < -0.39 is 0 Å². The molecule has 3 rings (SSSR count). The molecule has 2 atom stereocenters. The Balaban J connectivity index is 1.93. The molecule has 3 heteroatoms. The minimum atomic E-state index is 0.0153. The van der Waals surface area contributed by atoms with Gasteiger partial charge in [-0.05, 0) is 31.9 Å². The molecule has 0 spiro atoms. The largest absolute Gasteiger partial charge is 0.465 e. The molecule has 2 aromatic rings. The number of hydrogen-bond donors (Lipinski definition) is 0. The van der Waals surface area contributed by atoms with Crippen molar-refractivity contribution in [2.75, 3.05) is 6.61 Å². The van der Waals surface area contributed by atoms with Crippen molar-refractivity contribution in [1.29, 1.82) is 0 Å². The molecule has 0 unspecified atom stereocenters. The highest BCUT2D eigenvalue weighted by molar-refractivity contribution is 5.95. The van der Waals surface area contributed by atoms with E-state index in [4.69, 9.17) is 9.15 Å². The third-order valence-corrected chi connectivity index (χ3v) is 3.90. The highest BCUT2D eigenvalue weighted by Crippen LogP contribution is 2.42. The van der Waals surface area contributed by atoms with E-state index in [1.165, 1.54) is 0 Å². The van der Waals surface area contributed by atoms with Gasteiger partial charge in [0.1, 0.15) is 11.5 Å². The summed E-state index contributed by atoms with van der Waals surface area (Å²) in [6.07, 6.45) is 0.936. The Morgan fingerprint density at radius 1 is 1.25 bits per heavy atom. The van der Waals surface area contributed by atoms with Crippen molar-refractivity contribution < 1.29 is 13.9 Å². The number of hydrogen-bond acceptors (Lipinski definition) is 3. The second-order valence-electron chi connectivity index (χ2n) is 5.27. The van der Waals surface area contributed by atoms with Crippen molar-refractivity contribution in [2.24, 2.45) is 0 Å². The van der Waals surface area contributed by atoms with Gasteiger partial charge in [0.2, 0.25) is 0 Å². The van der Waals surface area contributed by atoms with E-state index in [1.807, 2.05) is 31.2 Å². The molecule has 0 amide bonds. The molecular formula is C17H18O3. The van der Waals surface area contributed by atoms with Gasteiger partial charge in [0, 0.05) is 12.5 Å². The van der Waals surface area contributed by atoms with Gasteiger partial charge in [-0.3, -0.25) is 4.79 Å². The van der Waals surface area contributed by atoms with Gasteiger partial charge >= 0.3 is 0 Å². The topological polar surface area (TPSA) is 39.4 Å². The molecule has 0 N–H and O–H groups in total. The Kier molecular flexibility index (Phi) is 3.45. The third kappa shape index (κ3) is 2.29. The van der Waals surface area contributed by atoms with Crippen LogP contribution in [0.4, 0.5) is 0 Å². The predicted molar refractivity (Wildman–Crippen MR) is 75.9 cm³/mol. The molecule has 0 saturated carbocycles. The summed E-state index contributed by atoms with van der Waals surface area (Å²) in [5.74, 6) is 1.79. The van der Waals surface area contributed by atoms with Gasteiger partial charge in [0.05, 0.1) is 11.7 Å². The van der Waals surface area contributed by atoms with Crippen LogP contribution in [0.25, 0.3) is 0 Å². The van der Waals surface area contributed by atoms with Crippen molar-refractivity contribution in [1.82, 2.24) is 0 Å². The van der Waals surface area contributed by atoms with Crippen molar-refractivity contribution in [3.05, 3.63) is 59.0 Å². The van der Waals surface area contributed by atoms with Crippen LogP contribution in [0.2, 0.25) is 0 Å². The molecule has 1 saturated heterocycles. The van der Waals surface area contributed by atoms with Gasteiger partial charge in [-0.1, -0.05) is 30.3 Å². The zero-order valence-electron chi connectivity index (χ0n) is 11.8. The molecule has 1 fully saturated rings. The Morgan fingerprint density at radius 2 is 2.00 bits per heavy atom. The normalized spacial score (nSPS) is 22.1. The summed E-state index contributed by atoms with van der Waals surface area (Å²) >= 11 is 0. The predicted octanol–water partition coefficient (Wildman–Crippen LogP) is 4.04. The molecule has 1 aliphatic rings. The fraction of sp³-hybridized carbons (Fsp3) is 0.353. The summed E-state index contributed by atoms with van der Waals surface area (Å²) in [4.78, 5) is 11.6. The third-order valence-electron chi connectivity index (χ3n) is 3.90. The van der Waals surface area contributed by atoms with E-state index in [2.05, 4.69) is 12.1 Å². The number of carbonyl (C=O) groups excluding carboxylic acids is 1. The second-order valence-corrected chi connectivity index (χ2v) is 5.27. The van der Waals surface area contributed by atoms with E-state index >= 15 is 0 Å². The average Bonchev–Trinajstić information content (AvgIpc) is 3.05. The van der Waals surface area contributed by atoms with Crippen LogP contribution >= 0.6 is 0 Å². The first-order valence-electron chi connectivity index (χ1n) is 6.94. The molecule has 1 aromatic carbocycles. The lowest BCUT2D eigenvalue weighted by molar-refractivity contribution is 0.101. The number of furan rings is 1. The van der Waals surface area contributed by atoms with E-state index in [9.17, 15) is 4.79 Å². The Labute approximate surface area is 118 Å². The minimum absolute atomic E-state index is 0.0153. The maximum atomic E-state index is 11.6. The lowest BCUT2D eigenvalue weighted by Gasteiger charge is -2.16. The summed E-state index contributed by atoms with van der Waals surface area (Å²) in [6, 6.07) is 12.1. The van der Waals surface area contributed by atoms with Crippen LogP contribution in [-0.2, 0) is 4.74 Å². The number of benzene rings is 1. The summed E-state index contributed by atoms with van der Waals surface area (Å²) in [5, 5.41) is 0. The maximum absolute atomic E-state index is 11.6. The molecule has 20 heavy (non-hydrogen) atoms. The SMILES string of the molecule is CC(=O)c1cc([C@H]2CCO[C@H]2c2ccccc2)oc1C. The highest BCUT2D eigenvalue weighted by atomic mass is 16.5. The fourth-order valence-corrected chi connectivity index (χ4v) is 2.89. The first kappa shape index (κ1) is 13.1. The molecule has 1 aromatic heterocycles. The average molecular weight is 270 g/mol. The lowest BCUT2D eigenvalue weighted by Crippen LogP contribution is -2.05. The number of rotatable bonds is 3. The molecule has 0 bridgehead atoms. The number of carbonyl (C=O) groups is 1. The zero-order valence-corrected chi connectivity index (χ0v) is 11.8. The molecule has 104 valence electrons. The van der Waals surface area contributed by atoms with E-state index in [1.54, 1.807) is 6.92 Å². The van der Waals surface area contributed by atoms with Crippen LogP contribution in [0.3, 0.4) is 0 Å². The quantitative estimate of drug-likeness (QED) is 0.790. The molecule has 1 aliphatic heterocycles. The Hall–Kier alpha value is -1.87. The van der Waals surface area contributed by atoms with Gasteiger partial charge in [-0.2, -0.15) is 0 Å². The lowest BCUT2D eigenvalue weighted by atomic mass is 9.93. The smallest absolute Gasteiger partial charge is 0.163 e. The van der Waals surface area contributed by atoms with Gasteiger partial charge in [0.25, 0.3) is 0 Å². The van der Waals surface area contributed by atoms with Gasteiger partial charge in [-0.15, -0.1) is 0 Å². The van der Waals surface area contributed by atoms with Crippen molar-refractivity contribution >= 4 is 5.78 Å². The first-order chi connectivity index (χ1) is 9.66. The van der Waals surface area contributed by atoms with Crippen molar-refractivity contribution in [3.63, 3.8) is 0 Å².